The number of hydrogen-bond donors (Lipinski definition) is 0. The molecule has 184 valence electrons. The lowest BCUT2D eigenvalue weighted by Crippen LogP contribution is -2.61. The molecule has 0 saturated carbocycles. The summed E-state index contributed by atoms with van der Waals surface area (Å²) in [6.45, 7) is 8.14. The summed E-state index contributed by atoms with van der Waals surface area (Å²) >= 11 is 6.11. The van der Waals surface area contributed by atoms with Crippen molar-refractivity contribution in [1.29, 1.82) is 0 Å². The normalized spacial score (nSPS) is 18.1. The molecule has 5 rings (SSSR count). The van der Waals surface area contributed by atoms with Crippen LogP contribution in [0.3, 0.4) is 0 Å². The minimum atomic E-state index is 0.225. The minimum Gasteiger partial charge on any atom is -0.371 e. The smallest absolute Gasteiger partial charge is 0.251 e. The number of halogens is 1. The van der Waals surface area contributed by atoms with Crippen molar-refractivity contribution >= 4 is 34.0 Å². The Balaban J connectivity index is 1.13. The summed E-state index contributed by atoms with van der Waals surface area (Å²) in [5.74, 6) is 0.225. The summed E-state index contributed by atoms with van der Waals surface area (Å²) < 4.78 is 0. The van der Waals surface area contributed by atoms with Gasteiger partial charge in [-0.3, -0.25) is 19.7 Å². The van der Waals surface area contributed by atoms with Gasteiger partial charge in [0.1, 0.15) is 0 Å². The molecule has 2 aromatic carbocycles. The molecule has 6 nitrogen and oxygen atoms in total. The molecule has 3 heterocycles. The van der Waals surface area contributed by atoms with E-state index in [0.717, 1.165) is 68.9 Å². The summed E-state index contributed by atoms with van der Waals surface area (Å²) in [5, 5.41) is 7.50. The molecule has 0 bridgehead atoms. The summed E-state index contributed by atoms with van der Waals surface area (Å²) in [6, 6.07) is 17.1. The van der Waals surface area contributed by atoms with Crippen molar-refractivity contribution in [3.8, 4) is 0 Å². The van der Waals surface area contributed by atoms with E-state index in [1.807, 2.05) is 29.5 Å². The van der Waals surface area contributed by atoms with Crippen LogP contribution < -0.4 is 4.90 Å². The first-order valence-electron chi connectivity index (χ1n) is 12.7. The standard InChI is InChI=1S/C28H34ClN5O/c1-2-33(27-10-15-32(16-11-27)26-7-12-30-13-8-26)34-18-17-31(21-28(34)35)14-9-22-3-4-24-20-25(29)6-5-23(24)19-22/h3-8,12-13,19-20,27H,2,9-11,14-18,21H2,1H3. The van der Waals surface area contributed by atoms with Crippen LogP contribution in [0.1, 0.15) is 25.3 Å². The van der Waals surface area contributed by atoms with Crippen molar-refractivity contribution in [3.05, 3.63) is 71.5 Å². The number of piperidine rings is 1. The number of fused-ring (bicyclic) bond motifs is 1. The highest BCUT2D eigenvalue weighted by atomic mass is 35.5. The van der Waals surface area contributed by atoms with Crippen molar-refractivity contribution in [1.82, 2.24) is 19.9 Å². The van der Waals surface area contributed by atoms with E-state index in [-0.39, 0.29) is 5.91 Å². The number of aromatic nitrogens is 1. The monoisotopic (exact) mass is 491 g/mol. The molecule has 0 unspecified atom stereocenters. The second-order valence-corrected chi connectivity index (χ2v) is 9.98. The molecule has 0 atom stereocenters. The van der Waals surface area contributed by atoms with E-state index in [4.69, 9.17) is 11.6 Å². The van der Waals surface area contributed by atoms with Crippen molar-refractivity contribution < 1.29 is 4.79 Å². The predicted octanol–water partition coefficient (Wildman–Crippen LogP) is 4.48. The number of hydrazine groups is 1. The fourth-order valence-corrected chi connectivity index (χ4v) is 5.67. The van der Waals surface area contributed by atoms with Crippen molar-refractivity contribution in [3.63, 3.8) is 0 Å². The molecule has 0 aliphatic carbocycles. The fraction of sp³-hybridized carbons (Fsp3) is 0.429. The maximum Gasteiger partial charge on any atom is 0.251 e. The van der Waals surface area contributed by atoms with Gasteiger partial charge < -0.3 is 4.90 Å². The van der Waals surface area contributed by atoms with Crippen molar-refractivity contribution in [2.75, 3.05) is 50.7 Å². The Hall–Kier alpha value is -2.67. The van der Waals surface area contributed by atoms with Gasteiger partial charge in [0.25, 0.3) is 5.91 Å². The summed E-state index contributed by atoms with van der Waals surface area (Å²) in [6.07, 6.45) is 6.78. The molecule has 0 N–H and O–H groups in total. The van der Waals surface area contributed by atoms with Gasteiger partial charge in [-0.05, 0) is 59.9 Å². The van der Waals surface area contributed by atoms with Crippen molar-refractivity contribution in [2.45, 2.75) is 32.2 Å². The molecule has 7 heteroatoms. The van der Waals surface area contributed by atoms with Gasteiger partial charge in [0.2, 0.25) is 0 Å². The van der Waals surface area contributed by atoms with Gasteiger partial charge in [-0.25, -0.2) is 5.01 Å². The number of amides is 1. The molecule has 2 aliphatic heterocycles. The predicted molar refractivity (Wildman–Crippen MR) is 143 cm³/mol. The third kappa shape index (κ3) is 5.61. The molecule has 3 aromatic rings. The number of hydrogen-bond acceptors (Lipinski definition) is 5. The van der Waals surface area contributed by atoms with Gasteiger partial charge in [-0.2, -0.15) is 0 Å². The van der Waals surface area contributed by atoms with E-state index in [1.165, 1.54) is 16.6 Å². The van der Waals surface area contributed by atoms with E-state index >= 15 is 0 Å². The molecule has 0 spiro atoms. The number of pyridine rings is 1. The number of piperazine rings is 1. The summed E-state index contributed by atoms with van der Waals surface area (Å²) in [4.78, 5) is 22.0. The average molecular weight is 492 g/mol. The maximum absolute atomic E-state index is 13.2. The first kappa shape index (κ1) is 24.0. The van der Waals surface area contributed by atoms with Gasteiger partial charge in [0.05, 0.1) is 13.1 Å². The molecule has 2 aliphatic rings. The van der Waals surface area contributed by atoms with E-state index < -0.39 is 0 Å². The molecule has 1 amide bonds. The van der Waals surface area contributed by atoms with E-state index in [2.05, 4.69) is 63.1 Å². The van der Waals surface area contributed by atoms with Crippen LogP contribution in [0.15, 0.2) is 60.9 Å². The number of nitrogens with zero attached hydrogens (tertiary/aromatic N) is 5. The SMILES string of the molecule is CCN(C1CCN(c2ccncc2)CC1)N1CCN(CCc2ccc3cc(Cl)ccc3c2)CC1=O. The second-order valence-electron chi connectivity index (χ2n) is 9.55. The largest absolute Gasteiger partial charge is 0.371 e. The van der Waals surface area contributed by atoms with Crippen LogP contribution in [-0.4, -0.2) is 77.7 Å². The molecule has 1 aromatic heterocycles. The summed E-state index contributed by atoms with van der Waals surface area (Å²) in [5.41, 5.74) is 2.53. The Morgan fingerprint density at radius 2 is 1.71 bits per heavy atom. The van der Waals surface area contributed by atoms with Crippen LogP contribution in [0.5, 0.6) is 0 Å². The highest BCUT2D eigenvalue weighted by Crippen LogP contribution is 2.24. The zero-order valence-corrected chi connectivity index (χ0v) is 21.2. The zero-order chi connectivity index (χ0) is 24.2. The van der Waals surface area contributed by atoms with Crippen LogP contribution in [-0.2, 0) is 11.2 Å². The van der Waals surface area contributed by atoms with Gasteiger partial charge >= 0.3 is 0 Å². The quantitative estimate of drug-likeness (QED) is 0.487. The van der Waals surface area contributed by atoms with Gasteiger partial charge in [0, 0.05) is 61.9 Å². The summed E-state index contributed by atoms with van der Waals surface area (Å²) in [7, 11) is 0. The third-order valence-corrected chi connectivity index (χ3v) is 7.64. The average Bonchev–Trinajstić information content (AvgIpc) is 2.90. The first-order chi connectivity index (χ1) is 17.1. The Labute approximate surface area is 213 Å². The fourth-order valence-electron chi connectivity index (χ4n) is 5.49. The lowest BCUT2D eigenvalue weighted by atomic mass is 10.0. The number of anilines is 1. The lowest BCUT2D eigenvalue weighted by Gasteiger charge is -2.46. The number of carbonyl (C=O) groups excluding carboxylic acids is 1. The zero-order valence-electron chi connectivity index (χ0n) is 20.4. The number of carbonyl (C=O) groups is 1. The molecule has 2 saturated heterocycles. The van der Waals surface area contributed by atoms with E-state index in [1.54, 1.807) is 0 Å². The van der Waals surface area contributed by atoms with Crippen LogP contribution in [0, 0.1) is 0 Å². The maximum atomic E-state index is 13.2. The first-order valence-corrected chi connectivity index (χ1v) is 13.1. The molecular formula is C28H34ClN5O. The Kier molecular flexibility index (Phi) is 7.51. The van der Waals surface area contributed by atoms with Gasteiger partial charge in [0.15, 0.2) is 0 Å². The topological polar surface area (TPSA) is 42.9 Å². The molecule has 2 fully saturated rings. The molecule has 35 heavy (non-hydrogen) atoms. The van der Waals surface area contributed by atoms with E-state index in [0.29, 0.717) is 12.6 Å². The van der Waals surface area contributed by atoms with Crippen LogP contribution >= 0.6 is 11.6 Å². The minimum absolute atomic E-state index is 0.225. The number of rotatable bonds is 7. The highest BCUT2D eigenvalue weighted by molar-refractivity contribution is 6.31. The Bertz CT molecular complexity index is 1150. The van der Waals surface area contributed by atoms with Crippen LogP contribution in [0.2, 0.25) is 5.02 Å². The van der Waals surface area contributed by atoms with E-state index in [9.17, 15) is 4.79 Å². The van der Waals surface area contributed by atoms with Crippen molar-refractivity contribution in [2.24, 2.45) is 0 Å². The highest BCUT2D eigenvalue weighted by Gasteiger charge is 2.33. The molecule has 0 radical (unpaired) electrons. The Morgan fingerprint density at radius 3 is 2.46 bits per heavy atom. The van der Waals surface area contributed by atoms with Gasteiger partial charge in [-0.15, -0.1) is 0 Å². The Morgan fingerprint density at radius 1 is 0.971 bits per heavy atom. The van der Waals surface area contributed by atoms with Crippen LogP contribution in [0.4, 0.5) is 5.69 Å². The lowest BCUT2D eigenvalue weighted by molar-refractivity contribution is -0.162. The van der Waals surface area contributed by atoms with Gasteiger partial charge in [-0.1, -0.05) is 42.8 Å². The second kappa shape index (κ2) is 10.9. The third-order valence-electron chi connectivity index (χ3n) is 7.41. The number of benzene rings is 2. The molecular weight excluding hydrogens is 458 g/mol. The van der Waals surface area contributed by atoms with Crippen LogP contribution in [0.25, 0.3) is 10.8 Å².